The Labute approximate surface area is 281 Å². The Balaban J connectivity index is 0.00000143. The van der Waals surface area contributed by atoms with Crippen LogP contribution in [0.1, 0.15) is 46.8 Å². The van der Waals surface area contributed by atoms with Gasteiger partial charge in [0, 0.05) is 23.4 Å². The second kappa shape index (κ2) is 19.2. The molecule has 0 bridgehead atoms. The predicted octanol–water partition coefficient (Wildman–Crippen LogP) is 4.25. The molecule has 2 atom stereocenters. The number of aliphatic carboxylic acids is 4. The van der Waals surface area contributed by atoms with Crippen LogP contribution in [0.5, 0.6) is 5.75 Å². The summed E-state index contributed by atoms with van der Waals surface area (Å²) >= 11 is 1.09. The number of esters is 1. The standard InChI is InChI=1S/C24H28FN3O7S.2C2HF3O2/c1-12(2)21(17(29)9-14(23(32)33)10-20(30)31)28(3)11-15-5-7-19(36-15)24(34)35-18-6-4-13(22(26)27)8-16(18)25;2*3-2(4,5)1(6)7/h4-8,12,14,21H,9-11H2,1-3H3,(H3,26,27)(H,30,31)(H,32,33);2*(H,6,7)/t14-,21-;;/m0../s1. The number of nitrogens with zero attached hydrogens (tertiary/aromatic N) is 1. The van der Waals surface area contributed by atoms with Gasteiger partial charge in [0.15, 0.2) is 17.3 Å². The van der Waals surface area contributed by atoms with Gasteiger partial charge < -0.3 is 30.9 Å². The molecule has 0 aliphatic heterocycles. The average Bonchev–Trinajstić information content (AvgIpc) is 3.41. The van der Waals surface area contributed by atoms with Crippen LogP contribution in [0.15, 0.2) is 30.3 Å². The number of benzene rings is 1. The fourth-order valence-corrected chi connectivity index (χ4v) is 4.71. The minimum absolute atomic E-state index is 0.153. The summed E-state index contributed by atoms with van der Waals surface area (Å²) in [6, 6.07) is 6.06. The number of thiophene rings is 1. The first-order valence-electron chi connectivity index (χ1n) is 13.4. The monoisotopic (exact) mass is 749 g/mol. The van der Waals surface area contributed by atoms with Crippen molar-refractivity contribution in [1.82, 2.24) is 4.90 Å². The Kier molecular flexibility index (Phi) is 17.2. The quantitative estimate of drug-likeness (QED) is 0.0552. The average molecular weight is 750 g/mol. The first-order chi connectivity index (χ1) is 22.7. The number of Topliss-reactive ketones (excluding diaryl/α,β-unsaturated/α-hetero) is 1. The van der Waals surface area contributed by atoms with Gasteiger partial charge in [-0.2, -0.15) is 26.3 Å². The molecule has 2 aromatic rings. The van der Waals surface area contributed by atoms with E-state index < -0.39 is 72.8 Å². The van der Waals surface area contributed by atoms with E-state index in [0.717, 1.165) is 17.4 Å². The topological polar surface area (TPSA) is 246 Å². The predicted molar refractivity (Wildman–Crippen MR) is 157 cm³/mol. The third-order valence-electron chi connectivity index (χ3n) is 5.85. The number of carbonyl (C=O) groups is 6. The number of carboxylic acids is 4. The van der Waals surface area contributed by atoms with Crippen LogP contribution >= 0.6 is 11.3 Å². The molecule has 0 fully saturated rings. The number of ether oxygens (including phenoxy) is 1. The number of carboxylic acid groups (broad SMARTS) is 4. The van der Waals surface area contributed by atoms with E-state index in [0.29, 0.717) is 4.88 Å². The maximum atomic E-state index is 14.2. The number of nitrogens with one attached hydrogen (secondary N) is 1. The molecule has 0 amide bonds. The number of nitrogen functional groups attached to an aromatic ring is 1. The number of halogens is 7. The van der Waals surface area contributed by atoms with Gasteiger partial charge in [0.1, 0.15) is 10.7 Å². The maximum absolute atomic E-state index is 14.2. The van der Waals surface area contributed by atoms with E-state index in [1.807, 2.05) is 0 Å². The summed E-state index contributed by atoms with van der Waals surface area (Å²) in [5, 5.41) is 39.8. The molecule has 278 valence electrons. The van der Waals surface area contributed by atoms with Crippen LogP contribution in [0, 0.1) is 23.1 Å². The van der Waals surface area contributed by atoms with Crippen molar-refractivity contribution in [2.75, 3.05) is 7.05 Å². The van der Waals surface area contributed by atoms with Crippen molar-refractivity contribution in [3.8, 4) is 5.75 Å². The van der Waals surface area contributed by atoms with Gasteiger partial charge in [0.2, 0.25) is 0 Å². The summed E-state index contributed by atoms with van der Waals surface area (Å²) in [5.74, 6) is -12.3. The number of rotatable bonds is 13. The summed E-state index contributed by atoms with van der Waals surface area (Å²) in [5.41, 5.74) is 5.47. The highest BCUT2D eigenvalue weighted by atomic mass is 32.1. The van der Waals surface area contributed by atoms with E-state index in [4.69, 9.17) is 40.8 Å². The normalized spacial score (nSPS) is 12.4. The summed E-state index contributed by atoms with van der Waals surface area (Å²) < 4.78 is 82.8. The molecular formula is C28H30F7N3O11S. The zero-order chi connectivity index (χ0) is 39.3. The van der Waals surface area contributed by atoms with E-state index in [2.05, 4.69) is 0 Å². The van der Waals surface area contributed by atoms with Crippen molar-refractivity contribution in [3.63, 3.8) is 0 Å². The van der Waals surface area contributed by atoms with Crippen LogP contribution in [-0.4, -0.2) is 92.2 Å². The number of likely N-dealkylation sites (N-methyl/N-ethyl adjacent to an activating group) is 1. The van der Waals surface area contributed by atoms with Gasteiger partial charge in [0.25, 0.3) is 0 Å². The fourth-order valence-electron chi connectivity index (χ4n) is 3.77. The molecule has 14 nitrogen and oxygen atoms in total. The van der Waals surface area contributed by atoms with Crippen LogP contribution in [0.4, 0.5) is 30.7 Å². The molecule has 2 rings (SSSR count). The van der Waals surface area contributed by atoms with Gasteiger partial charge >= 0.3 is 42.2 Å². The maximum Gasteiger partial charge on any atom is 0.490 e. The van der Waals surface area contributed by atoms with Crippen LogP contribution in [0.3, 0.4) is 0 Å². The lowest BCUT2D eigenvalue weighted by Crippen LogP contribution is -2.43. The minimum Gasteiger partial charge on any atom is -0.481 e. The van der Waals surface area contributed by atoms with Crippen molar-refractivity contribution in [2.45, 2.75) is 51.6 Å². The Hall–Kier alpha value is -5.12. The Bertz CT molecular complexity index is 1540. The second-order valence-corrected chi connectivity index (χ2v) is 11.4. The van der Waals surface area contributed by atoms with Gasteiger partial charge in [-0.3, -0.25) is 24.7 Å². The molecular weight excluding hydrogens is 719 g/mol. The SMILES string of the molecule is CC(C)[C@@H](C(=O)C[C@@H](CC(=O)O)C(=O)O)N(C)Cc1ccc(C(=O)Oc2ccc(C(=N)N)cc2F)s1.O=C(O)C(F)(F)F.O=C(O)C(F)(F)F. The molecule has 0 radical (unpaired) electrons. The zero-order valence-electron chi connectivity index (χ0n) is 26.0. The third kappa shape index (κ3) is 15.9. The largest absolute Gasteiger partial charge is 0.490 e. The summed E-state index contributed by atoms with van der Waals surface area (Å²) in [7, 11) is 1.68. The van der Waals surface area contributed by atoms with Crippen LogP contribution in [-0.2, 0) is 30.5 Å². The minimum atomic E-state index is -5.08. The van der Waals surface area contributed by atoms with Crippen molar-refractivity contribution in [2.24, 2.45) is 17.6 Å². The van der Waals surface area contributed by atoms with E-state index in [1.165, 1.54) is 18.2 Å². The smallest absolute Gasteiger partial charge is 0.481 e. The molecule has 0 saturated carbocycles. The van der Waals surface area contributed by atoms with Crippen molar-refractivity contribution >= 4 is 52.8 Å². The van der Waals surface area contributed by atoms with Crippen LogP contribution < -0.4 is 10.5 Å². The Morgan fingerprint density at radius 2 is 1.40 bits per heavy atom. The molecule has 0 spiro atoms. The zero-order valence-corrected chi connectivity index (χ0v) is 26.8. The van der Waals surface area contributed by atoms with E-state index in [1.54, 1.807) is 31.9 Å². The van der Waals surface area contributed by atoms with Crippen molar-refractivity contribution in [1.29, 1.82) is 5.41 Å². The fraction of sp³-hybridized carbons (Fsp3) is 0.393. The molecule has 0 unspecified atom stereocenters. The molecule has 7 N–H and O–H groups in total. The lowest BCUT2D eigenvalue weighted by molar-refractivity contribution is -0.193. The second-order valence-electron chi connectivity index (χ2n) is 10.2. The van der Waals surface area contributed by atoms with Gasteiger partial charge in [-0.1, -0.05) is 13.8 Å². The summed E-state index contributed by atoms with van der Waals surface area (Å²) in [6.45, 7) is 3.86. The lowest BCUT2D eigenvalue weighted by Gasteiger charge is -2.30. The highest BCUT2D eigenvalue weighted by Gasteiger charge is 2.39. The van der Waals surface area contributed by atoms with E-state index in [9.17, 15) is 55.0 Å². The number of hydrogen-bond donors (Lipinski definition) is 6. The molecule has 1 aromatic heterocycles. The number of alkyl halides is 6. The summed E-state index contributed by atoms with van der Waals surface area (Å²) in [4.78, 5) is 68.1. The summed E-state index contributed by atoms with van der Waals surface area (Å²) in [6.07, 6.45) is -11.2. The lowest BCUT2D eigenvalue weighted by atomic mass is 9.90. The van der Waals surface area contributed by atoms with Gasteiger partial charge in [-0.15, -0.1) is 11.3 Å². The van der Waals surface area contributed by atoms with Crippen molar-refractivity contribution in [3.05, 3.63) is 51.5 Å². The molecule has 0 aliphatic rings. The Morgan fingerprint density at radius 3 is 1.78 bits per heavy atom. The first kappa shape index (κ1) is 44.9. The highest BCUT2D eigenvalue weighted by molar-refractivity contribution is 7.13. The number of amidine groups is 1. The van der Waals surface area contributed by atoms with E-state index in [-0.39, 0.29) is 40.3 Å². The third-order valence-corrected chi connectivity index (χ3v) is 6.90. The first-order valence-corrected chi connectivity index (χ1v) is 14.2. The van der Waals surface area contributed by atoms with Crippen LogP contribution in [0.2, 0.25) is 0 Å². The van der Waals surface area contributed by atoms with Gasteiger partial charge in [-0.05, 0) is 43.3 Å². The number of nitrogens with two attached hydrogens (primary N) is 1. The number of hydrogen-bond acceptors (Lipinski definition) is 10. The molecule has 50 heavy (non-hydrogen) atoms. The molecule has 22 heteroatoms. The highest BCUT2D eigenvalue weighted by Crippen LogP contribution is 2.25. The molecule has 1 aromatic carbocycles. The Morgan fingerprint density at radius 1 is 0.900 bits per heavy atom. The van der Waals surface area contributed by atoms with Crippen molar-refractivity contribution < 1.29 is 84.7 Å². The molecule has 0 aliphatic carbocycles. The van der Waals surface area contributed by atoms with Gasteiger partial charge in [-0.25, -0.2) is 18.8 Å². The number of carbonyl (C=O) groups excluding carboxylic acids is 2. The molecule has 1 heterocycles. The van der Waals surface area contributed by atoms with Crippen LogP contribution in [0.25, 0.3) is 0 Å². The number of ketones is 1. The van der Waals surface area contributed by atoms with E-state index >= 15 is 0 Å². The van der Waals surface area contributed by atoms with Gasteiger partial charge in [0.05, 0.1) is 18.4 Å². The molecule has 0 saturated heterocycles.